The summed E-state index contributed by atoms with van der Waals surface area (Å²) in [5.74, 6) is -1.02. The third-order valence-electron chi connectivity index (χ3n) is 13.0. The maximum absolute atomic E-state index is 12.9. The summed E-state index contributed by atoms with van der Waals surface area (Å²) in [6.07, 6.45) is 95.3. The normalized spacial score (nSPS) is 13.2. The fourth-order valence-electron chi connectivity index (χ4n) is 8.29. The van der Waals surface area contributed by atoms with E-state index in [2.05, 4.69) is 173 Å². The van der Waals surface area contributed by atoms with E-state index in [4.69, 9.17) is 14.2 Å². The van der Waals surface area contributed by atoms with Gasteiger partial charge in [-0.15, -0.1) is 0 Å². The molecule has 1 atom stereocenters. The van der Waals surface area contributed by atoms with Crippen molar-refractivity contribution in [2.45, 2.75) is 271 Å². The van der Waals surface area contributed by atoms with E-state index in [1.165, 1.54) is 96.3 Å². The predicted octanol–water partition coefficient (Wildman–Crippen LogP) is 22.1. The van der Waals surface area contributed by atoms with E-state index in [0.29, 0.717) is 19.3 Å². The Hall–Kier alpha value is -4.97. The average Bonchev–Trinajstić information content (AvgIpc) is 3.45. The Morgan fingerprint density at radius 3 is 0.823 bits per heavy atom. The molecule has 0 aromatic rings. The highest BCUT2D eigenvalue weighted by atomic mass is 16.6. The molecule has 6 nitrogen and oxygen atoms in total. The van der Waals surface area contributed by atoms with Crippen LogP contribution in [0.4, 0.5) is 0 Å². The molecule has 1 unspecified atom stereocenters. The zero-order valence-electron chi connectivity index (χ0n) is 50.8. The zero-order chi connectivity index (χ0) is 57.1. The molecule has 6 heteroatoms. The summed E-state index contributed by atoms with van der Waals surface area (Å²) < 4.78 is 16.9. The highest BCUT2D eigenvalue weighted by molar-refractivity contribution is 5.71. The summed E-state index contributed by atoms with van der Waals surface area (Å²) in [7, 11) is 0. The lowest BCUT2D eigenvalue weighted by molar-refractivity contribution is -0.166. The largest absolute Gasteiger partial charge is 0.462 e. The van der Waals surface area contributed by atoms with Crippen molar-refractivity contribution >= 4 is 17.9 Å². The molecule has 0 aromatic heterocycles. The number of carbonyl (C=O) groups is 3. The molecule has 0 aliphatic heterocycles. The van der Waals surface area contributed by atoms with Gasteiger partial charge in [-0.05, 0) is 135 Å². The maximum Gasteiger partial charge on any atom is 0.306 e. The fourth-order valence-corrected chi connectivity index (χ4v) is 8.29. The third kappa shape index (κ3) is 63.7. The first kappa shape index (κ1) is 74.0. The molecule has 0 N–H and O–H groups in total. The smallest absolute Gasteiger partial charge is 0.306 e. The van der Waals surface area contributed by atoms with Gasteiger partial charge in [0.2, 0.25) is 0 Å². The van der Waals surface area contributed by atoms with E-state index in [0.717, 1.165) is 122 Å². The van der Waals surface area contributed by atoms with Gasteiger partial charge in [-0.1, -0.05) is 269 Å². The van der Waals surface area contributed by atoms with Crippen LogP contribution in [0, 0.1) is 0 Å². The molecule has 0 saturated carbocycles. The summed E-state index contributed by atoms with van der Waals surface area (Å²) in [4.78, 5) is 38.3. The second kappa shape index (κ2) is 65.5. The van der Waals surface area contributed by atoms with E-state index in [1.807, 2.05) is 6.08 Å². The van der Waals surface area contributed by atoms with Crippen LogP contribution in [0.25, 0.3) is 0 Å². The summed E-state index contributed by atoms with van der Waals surface area (Å²) in [6.45, 7) is 6.32. The number of ether oxygens (including phenoxy) is 3. The predicted molar refractivity (Wildman–Crippen MR) is 343 cm³/mol. The Morgan fingerprint density at radius 2 is 0.519 bits per heavy atom. The third-order valence-corrected chi connectivity index (χ3v) is 13.0. The van der Waals surface area contributed by atoms with E-state index >= 15 is 0 Å². The monoisotopic (exact) mass is 1090 g/mol. The van der Waals surface area contributed by atoms with Crippen molar-refractivity contribution in [1.82, 2.24) is 0 Å². The fraction of sp³-hybridized carbons (Fsp3) is 0.603. The highest BCUT2D eigenvalue weighted by Gasteiger charge is 2.19. The molecule has 0 aliphatic rings. The lowest BCUT2D eigenvalue weighted by Crippen LogP contribution is -2.30. The number of carbonyl (C=O) groups excluding carboxylic acids is 3. The van der Waals surface area contributed by atoms with Crippen molar-refractivity contribution < 1.29 is 28.6 Å². The zero-order valence-corrected chi connectivity index (χ0v) is 50.8. The second-order valence-corrected chi connectivity index (χ2v) is 20.5. The molecule has 0 fully saturated rings. The van der Waals surface area contributed by atoms with Crippen LogP contribution >= 0.6 is 0 Å². The van der Waals surface area contributed by atoms with Gasteiger partial charge in [-0.25, -0.2) is 0 Å². The molecule has 0 heterocycles. The molecule has 0 spiro atoms. The lowest BCUT2D eigenvalue weighted by Gasteiger charge is -2.18. The minimum absolute atomic E-state index is 0.120. The summed E-state index contributed by atoms with van der Waals surface area (Å²) in [5.41, 5.74) is 0. The van der Waals surface area contributed by atoms with E-state index < -0.39 is 12.1 Å². The van der Waals surface area contributed by atoms with E-state index in [9.17, 15) is 14.4 Å². The van der Waals surface area contributed by atoms with Crippen molar-refractivity contribution in [2.24, 2.45) is 0 Å². The van der Waals surface area contributed by atoms with Crippen LogP contribution in [0.2, 0.25) is 0 Å². The minimum atomic E-state index is -0.835. The number of unbranched alkanes of at least 4 members (excludes halogenated alkanes) is 19. The summed E-state index contributed by atoms with van der Waals surface area (Å²) >= 11 is 0. The van der Waals surface area contributed by atoms with E-state index in [1.54, 1.807) is 0 Å². The minimum Gasteiger partial charge on any atom is -0.462 e. The number of rotatable bonds is 56. The van der Waals surface area contributed by atoms with Gasteiger partial charge in [0.25, 0.3) is 0 Å². The van der Waals surface area contributed by atoms with Crippen molar-refractivity contribution in [3.05, 3.63) is 158 Å². The standard InChI is InChI=1S/C73H116O6/c1-4-7-10-13-16-19-22-25-28-31-34-35-36-37-40-42-45-48-51-54-57-60-63-66-72(75)78-69-70(79-73(76)67-64-61-58-55-52-49-46-43-39-33-30-27-24-21-18-15-12-9-6-3)68-77-71(74)65-62-59-56-53-50-47-44-41-38-32-29-26-23-20-17-14-11-8-5-2/h7,9-10,12,16-21,25-30,34-35,37,39-40,43,49,52,58,61,70H,4-6,8,11,13-15,22-24,31-33,36,38,41-42,44-48,50-51,53-57,59-60,62-69H2,1-3H3/b10-7-,12-9-,19-16-,20-17-,21-18-,28-25-,29-26-,30-27-,35-34-,40-37-,43-39-,52-49-,61-58-. The molecule has 0 aliphatic carbocycles. The highest BCUT2D eigenvalue weighted by Crippen LogP contribution is 2.14. The maximum atomic E-state index is 12.9. The number of esters is 3. The van der Waals surface area contributed by atoms with Gasteiger partial charge in [0, 0.05) is 19.3 Å². The molecule has 0 rings (SSSR count). The molecule has 0 aromatic carbocycles. The first-order chi connectivity index (χ1) is 39.0. The van der Waals surface area contributed by atoms with Crippen LogP contribution in [0.3, 0.4) is 0 Å². The van der Waals surface area contributed by atoms with Crippen LogP contribution < -0.4 is 0 Å². The molecule has 0 bridgehead atoms. The van der Waals surface area contributed by atoms with Crippen molar-refractivity contribution in [2.75, 3.05) is 13.2 Å². The van der Waals surface area contributed by atoms with Crippen LogP contribution in [0.1, 0.15) is 265 Å². The lowest BCUT2D eigenvalue weighted by atomic mass is 10.1. The van der Waals surface area contributed by atoms with Crippen LogP contribution in [-0.4, -0.2) is 37.2 Å². The quantitative estimate of drug-likeness (QED) is 0.0261. The van der Waals surface area contributed by atoms with Gasteiger partial charge in [0.1, 0.15) is 13.2 Å². The molecule has 0 radical (unpaired) electrons. The SMILES string of the molecule is CC/C=C\C/C=C\C/C=C\C/C=C\C/C=C\C/C=C\CCC(=O)OC(COC(=O)CCCCCCCCC/C=C\C/C=C\C/C=C\C/C=C\C/C=C\CC)COC(=O)CCCCCCCCCCC/C=C\C/C=C\CCCCC. The van der Waals surface area contributed by atoms with Crippen LogP contribution in [0.5, 0.6) is 0 Å². The second-order valence-electron chi connectivity index (χ2n) is 20.5. The number of allylic oxidation sites excluding steroid dienone is 26. The van der Waals surface area contributed by atoms with Crippen molar-refractivity contribution in [1.29, 1.82) is 0 Å². The molecular weight excluding hydrogens is 973 g/mol. The molecule has 0 saturated heterocycles. The molecule has 444 valence electrons. The van der Waals surface area contributed by atoms with Gasteiger partial charge in [0.05, 0.1) is 0 Å². The number of hydrogen-bond donors (Lipinski definition) is 0. The Balaban J connectivity index is 4.54. The van der Waals surface area contributed by atoms with Gasteiger partial charge < -0.3 is 14.2 Å². The van der Waals surface area contributed by atoms with Crippen molar-refractivity contribution in [3.8, 4) is 0 Å². The van der Waals surface area contributed by atoms with Crippen molar-refractivity contribution in [3.63, 3.8) is 0 Å². The first-order valence-corrected chi connectivity index (χ1v) is 32.0. The topological polar surface area (TPSA) is 78.9 Å². The summed E-state index contributed by atoms with van der Waals surface area (Å²) in [5, 5.41) is 0. The van der Waals surface area contributed by atoms with Gasteiger partial charge >= 0.3 is 17.9 Å². The molecule has 0 amide bonds. The van der Waals surface area contributed by atoms with Gasteiger partial charge in [-0.2, -0.15) is 0 Å². The first-order valence-electron chi connectivity index (χ1n) is 32.0. The Labute approximate surface area is 486 Å². The van der Waals surface area contributed by atoms with Gasteiger partial charge in [-0.3, -0.25) is 14.4 Å². The number of hydrogen-bond acceptors (Lipinski definition) is 6. The van der Waals surface area contributed by atoms with Crippen LogP contribution in [0.15, 0.2) is 158 Å². The molecular formula is C73H116O6. The Kier molecular flexibility index (Phi) is 61.4. The Morgan fingerprint density at radius 1 is 0.266 bits per heavy atom. The van der Waals surface area contributed by atoms with Crippen LogP contribution in [-0.2, 0) is 28.6 Å². The van der Waals surface area contributed by atoms with E-state index in [-0.39, 0.29) is 31.6 Å². The summed E-state index contributed by atoms with van der Waals surface area (Å²) in [6, 6.07) is 0. The molecule has 79 heavy (non-hydrogen) atoms. The average molecular weight is 1090 g/mol. The Bertz CT molecular complexity index is 1780. The van der Waals surface area contributed by atoms with Gasteiger partial charge in [0.15, 0.2) is 6.10 Å².